The van der Waals surface area contributed by atoms with Crippen molar-refractivity contribution in [2.45, 2.75) is 6.36 Å². The molecule has 0 atom stereocenters. The molecule has 0 unspecified atom stereocenters. The van der Waals surface area contributed by atoms with Crippen molar-refractivity contribution < 1.29 is 27.4 Å². The number of halogens is 4. The van der Waals surface area contributed by atoms with Crippen molar-refractivity contribution in [3.05, 3.63) is 40.9 Å². The fourth-order valence-electron chi connectivity index (χ4n) is 1.97. The molecule has 0 saturated heterocycles. The zero-order valence-corrected chi connectivity index (χ0v) is 12.0. The first-order chi connectivity index (χ1) is 9.92. The summed E-state index contributed by atoms with van der Waals surface area (Å²) < 4.78 is 51.5. The van der Waals surface area contributed by atoms with Crippen LogP contribution in [0.25, 0.3) is 11.1 Å². The average molecular weight is 361 g/mol. The molecule has 3 nitrogen and oxygen atoms in total. The number of alkyl halides is 3. The second-order valence-electron chi connectivity index (χ2n) is 4.26. The maximum Gasteiger partial charge on any atom is 0.573 e. The molecule has 110 valence electrons. The quantitative estimate of drug-likeness (QED) is 0.773. The lowest BCUT2D eigenvalue weighted by molar-refractivity contribution is -0.274. The molecule has 2 aromatic rings. The normalized spacial score (nSPS) is 13.3. The smallest absolute Gasteiger partial charge is 0.454 e. The summed E-state index contributed by atoms with van der Waals surface area (Å²) in [6.45, 7) is 0.156. The lowest BCUT2D eigenvalue weighted by Crippen LogP contribution is -2.16. The van der Waals surface area contributed by atoms with E-state index in [0.717, 1.165) is 15.6 Å². The fraction of sp³-hybridized carbons (Fsp3) is 0.143. The first kappa shape index (κ1) is 14.1. The van der Waals surface area contributed by atoms with Gasteiger partial charge in [-0.15, -0.1) is 13.2 Å². The molecule has 1 heterocycles. The molecule has 0 aromatic heterocycles. The van der Waals surface area contributed by atoms with Crippen molar-refractivity contribution in [2.24, 2.45) is 0 Å². The minimum absolute atomic E-state index is 0.156. The van der Waals surface area contributed by atoms with Crippen molar-refractivity contribution in [1.82, 2.24) is 0 Å². The van der Waals surface area contributed by atoms with Crippen LogP contribution in [0, 0.1) is 0 Å². The summed E-state index contributed by atoms with van der Waals surface area (Å²) >= 11 is 3.41. The molecule has 21 heavy (non-hydrogen) atoms. The van der Waals surface area contributed by atoms with Gasteiger partial charge in [0.1, 0.15) is 5.75 Å². The van der Waals surface area contributed by atoms with Crippen LogP contribution in [-0.4, -0.2) is 13.2 Å². The Hall–Kier alpha value is -1.89. The van der Waals surface area contributed by atoms with Crippen molar-refractivity contribution in [3.63, 3.8) is 0 Å². The summed E-state index contributed by atoms with van der Waals surface area (Å²) in [5, 5.41) is 0. The van der Waals surface area contributed by atoms with Gasteiger partial charge in [0.15, 0.2) is 11.5 Å². The lowest BCUT2D eigenvalue weighted by atomic mass is 10.1. The predicted molar refractivity (Wildman–Crippen MR) is 72.4 cm³/mol. The van der Waals surface area contributed by atoms with Gasteiger partial charge in [-0.1, -0.05) is 28.1 Å². The van der Waals surface area contributed by atoms with E-state index in [2.05, 4.69) is 20.7 Å². The highest BCUT2D eigenvalue weighted by molar-refractivity contribution is 9.10. The van der Waals surface area contributed by atoms with E-state index in [1.165, 1.54) is 12.1 Å². The molecule has 0 aliphatic carbocycles. The van der Waals surface area contributed by atoms with Gasteiger partial charge in [-0.2, -0.15) is 0 Å². The van der Waals surface area contributed by atoms with Gasteiger partial charge in [-0.3, -0.25) is 0 Å². The third-order valence-electron chi connectivity index (χ3n) is 2.86. The van der Waals surface area contributed by atoms with Crippen molar-refractivity contribution in [1.29, 1.82) is 0 Å². The summed E-state index contributed by atoms with van der Waals surface area (Å²) in [5.41, 5.74) is 1.52. The van der Waals surface area contributed by atoms with Crippen LogP contribution in [0.15, 0.2) is 40.9 Å². The van der Waals surface area contributed by atoms with E-state index < -0.39 is 6.36 Å². The van der Waals surface area contributed by atoms with Crippen molar-refractivity contribution >= 4 is 15.9 Å². The molecule has 0 N–H and O–H groups in total. The van der Waals surface area contributed by atoms with Gasteiger partial charge >= 0.3 is 6.36 Å². The molecule has 3 rings (SSSR count). The van der Waals surface area contributed by atoms with Crippen LogP contribution < -0.4 is 14.2 Å². The third-order valence-corrected chi connectivity index (χ3v) is 3.52. The molecular weight excluding hydrogens is 353 g/mol. The molecule has 0 radical (unpaired) electrons. The predicted octanol–water partition coefficient (Wildman–Crippen LogP) is 4.74. The van der Waals surface area contributed by atoms with Gasteiger partial charge in [-0.05, 0) is 35.4 Å². The molecule has 0 saturated carbocycles. The van der Waals surface area contributed by atoms with E-state index in [0.29, 0.717) is 11.5 Å². The summed E-state index contributed by atoms with van der Waals surface area (Å²) in [5.74, 6) is 0.967. The third kappa shape index (κ3) is 3.07. The molecular formula is C14H8BrF3O3. The zero-order chi connectivity index (χ0) is 15.0. The Morgan fingerprint density at radius 3 is 2.24 bits per heavy atom. The fourth-order valence-corrected chi connectivity index (χ4v) is 2.53. The second kappa shape index (κ2) is 5.14. The second-order valence-corrected chi connectivity index (χ2v) is 5.11. The van der Waals surface area contributed by atoms with Crippen LogP contribution >= 0.6 is 15.9 Å². The van der Waals surface area contributed by atoms with Crippen LogP contribution in [0.3, 0.4) is 0 Å². The Labute approximate surface area is 126 Å². The van der Waals surface area contributed by atoms with Gasteiger partial charge in [0, 0.05) is 4.47 Å². The Bertz CT molecular complexity index is 668. The highest BCUT2D eigenvalue weighted by Crippen LogP contribution is 2.41. The van der Waals surface area contributed by atoms with Gasteiger partial charge in [-0.25, -0.2) is 0 Å². The van der Waals surface area contributed by atoms with E-state index in [4.69, 9.17) is 9.47 Å². The first-order valence-electron chi connectivity index (χ1n) is 5.88. The van der Waals surface area contributed by atoms with E-state index in [-0.39, 0.29) is 12.5 Å². The van der Waals surface area contributed by atoms with E-state index in [1.54, 1.807) is 24.3 Å². The molecule has 7 heteroatoms. The minimum Gasteiger partial charge on any atom is -0.454 e. The minimum atomic E-state index is -4.69. The molecule has 0 amide bonds. The van der Waals surface area contributed by atoms with Gasteiger partial charge in [0.25, 0.3) is 0 Å². The van der Waals surface area contributed by atoms with E-state index in [1.807, 2.05) is 0 Å². The molecule has 2 aromatic carbocycles. The number of ether oxygens (including phenoxy) is 3. The van der Waals surface area contributed by atoms with Crippen molar-refractivity contribution in [2.75, 3.05) is 6.79 Å². The molecule has 0 spiro atoms. The summed E-state index contributed by atoms with van der Waals surface area (Å²) in [4.78, 5) is 0. The lowest BCUT2D eigenvalue weighted by Gasteiger charge is -2.10. The number of hydrogen-bond acceptors (Lipinski definition) is 3. The van der Waals surface area contributed by atoms with Crippen LogP contribution in [0.5, 0.6) is 17.2 Å². The monoisotopic (exact) mass is 360 g/mol. The van der Waals surface area contributed by atoms with E-state index in [9.17, 15) is 13.2 Å². The van der Waals surface area contributed by atoms with Crippen LogP contribution in [-0.2, 0) is 0 Å². The van der Waals surface area contributed by atoms with E-state index >= 15 is 0 Å². The van der Waals surface area contributed by atoms with Crippen molar-refractivity contribution in [3.8, 4) is 28.4 Å². The molecule has 1 aliphatic rings. The highest BCUT2D eigenvalue weighted by atomic mass is 79.9. The van der Waals surface area contributed by atoms with Gasteiger partial charge < -0.3 is 14.2 Å². The Morgan fingerprint density at radius 2 is 1.62 bits per heavy atom. The molecule has 1 aliphatic heterocycles. The van der Waals surface area contributed by atoms with Crippen LogP contribution in [0.2, 0.25) is 0 Å². The number of benzene rings is 2. The number of fused-ring (bicyclic) bond motifs is 1. The molecule has 0 fully saturated rings. The Balaban J connectivity index is 1.91. The topological polar surface area (TPSA) is 27.7 Å². The van der Waals surface area contributed by atoms with Gasteiger partial charge in [0.05, 0.1) is 0 Å². The molecule has 0 bridgehead atoms. The number of hydrogen-bond donors (Lipinski definition) is 0. The standard InChI is InChI=1S/C14H8BrF3O3/c15-11-6-13-12(19-7-20-13)5-10(11)8-1-3-9(4-2-8)21-14(16,17)18/h1-6H,7H2. The number of rotatable bonds is 2. The average Bonchev–Trinajstić information content (AvgIpc) is 2.84. The van der Waals surface area contributed by atoms with Gasteiger partial charge in [0.2, 0.25) is 6.79 Å². The first-order valence-corrected chi connectivity index (χ1v) is 6.67. The summed E-state index contributed by atoms with van der Waals surface area (Å²) in [6.07, 6.45) is -4.69. The van der Waals surface area contributed by atoms with Crippen LogP contribution in [0.1, 0.15) is 0 Å². The largest absolute Gasteiger partial charge is 0.573 e. The summed E-state index contributed by atoms with van der Waals surface area (Å²) in [7, 11) is 0. The highest BCUT2D eigenvalue weighted by Gasteiger charge is 2.31. The maximum atomic E-state index is 12.1. The maximum absolute atomic E-state index is 12.1. The summed E-state index contributed by atoms with van der Waals surface area (Å²) in [6, 6.07) is 9.15. The zero-order valence-electron chi connectivity index (χ0n) is 10.4. The Morgan fingerprint density at radius 1 is 1.00 bits per heavy atom. The Kier molecular flexibility index (Phi) is 3.44. The SMILES string of the molecule is FC(F)(F)Oc1ccc(-c2cc3c(cc2Br)OCO3)cc1. The van der Waals surface area contributed by atoms with Crippen LogP contribution in [0.4, 0.5) is 13.2 Å².